The predicted molar refractivity (Wildman–Crippen MR) is 141 cm³/mol. The lowest BCUT2D eigenvalue weighted by Gasteiger charge is -2.29. The topological polar surface area (TPSA) is 104 Å². The molecule has 0 saturated heterocycles. The zero-order valence-electron chi connectivity index (χ0n) is 20.4. The minimum Gasteiger partial charge on any atom is -0.349 e. The van der Waals surface area contributed by atoms with E-state index in [9.17, 15) is 17.6 Å². The van der Waals surface area contributed by atoms with Crippen LogP contribution >= 0.6 is 0 Å². The van der Waals surface area contributed by atoms with Gasteiger partial charge in [-0.05, 0) is 80.6 Å². The summed E-state index contributed by atoms with van der Waals surface area (Å²) in [6, 6.07) is 20.2. The Balaban J connectivity index is 1.20. The van der Waals surface area contributed by atoms with E-state index in [0.29, 0.717) is 48.1 Å². The third-order valence-electron chi connectivity index (χ3n) is 6.96. The van der Waals surface area contributed by atoms with Crippen LogP contribution in [0.4, 0.5) is 4.39 Å². The number of aromatic amines is 1. The Hall–Kier alpha value is -3.56. The van der Waals surface area contributed by atoms with Gasteiger partial charge in [-0.3, -0.25) is 4.79 Å². The summed E-state index contributed by atoms with van der Waals surface area (Å²) in [5.41, 5.74) is 2.96. The molecule has 37 heavy (non-hydrogen) atoms. The predicted octanol–water partition coefficient (Wildman–Crippen LogP) is 5.08. The van der Waals surface area contributed by atoms with E-state index in [1.807, 2.05) is 37.3 Å². The van der Waals surface area contributed by atoms with E-state index >= 15 is 0 Å². The second-order valence-electron chi connectivity index (χ2n) is 9.58. The Morgan fingerprint density at radius 2 is 1.70 bits per heavy atom. The molecule has 1 aliphatic carbocycles. The van der Waals surface area contributed by atoms with Crippen LogP contribution in [-0.4, -0.2) is 30.3 Å². The van der Waals surface area contributed by atoms with E-state index in [1.165, 1.54) is 18.2 Å². The second-order valence-corrected chi connectivity index (χ2v) is 11.3. The van der Waals surface area contributed by atoms with Gasteiger partial charge in [-0.2, -0.15) is 0 Å². The maximum Gasteiger partial charge on any atom is 0.240 e. The molecule has 1 aromatic heterocycles. The van der Waals surface area contributed by atoms with Crippen LogP contribution < -0.4 is 10.0 Å². The number of H-pyrrole nitrogens is 1. The number of imidazole rings is 1. The number of amides is 1. The van der Waals surface area contributed by atoms with Crippen LogP contribution in [-0.2, 0) is 14.8 Å². The maximum absolute atomic E-state index is 13.2. The first kappa shape index (κ1) is 25.1. The van der Waals surface area contributed by atoms with Gasteiger partial charge in [0.2, 0.25) is 15.9 Å². The van der Waals surface area contributed by atoms with E-state index in [4.69, 9.17) is 0 Å². The molecule has 1 fully saturated rings. The summed E-state index contributed by atoms with van der Waals surface area (Å²) >= 11 is 0. The van der Waals surface area contributed by atoms with Gasteiger partial charge in [-0.15, -0.1) is 0 Å². The van der Waals surface area contributed by atoms with Crippen molar-refractivity contribution in [1.82, 2.24) is 20.0 Å². The van der Waals surface area contributed by atoms with Crippen molar-refractivity contribution in [1.29, 1.82) is 0 Å². The normalized spacial score (nSPS) is 19.0. The molecule has 0 unspecified atom stereocenters. The van der Waals surface area contributed by atoms with Crippen molar-refractivity contribution in [3.63, 3.8) is 0 Å². The third kappa shape index (κ3) is 5.73. The van der Waals surface area contributed by atoms with Crippen molar-refractivity contribution in [2.45, 2.75) is 49.6 Å². The molecule has 1 saturated carbocycles. The monoisotopic (exact) mass is 520 g/mol. The fourth-order valence-corrected chi connectivity index (χ4v) is 6.15. The van der Waals surface area contributed by atoms with Crippen molar-refractivity contribution in [3.05, 3.63) is 84.2 Å². The van der Waals surface area contributed by atoms with Gasteiger partial charge in [0, 0.05) is 17.5 Å². The first-order chi connectivity index (χ1) is 17.8. The van der Waals surface area contributed by atoms with E-state index in [0.717, 1.165) is 5.56 Å². The standard InChI is InChI=1S/C28H29FN4O3S/c1-18(19-5-3-2-4-6-19)30-28(34)21-9-13-23(14-10-21)33-37(35,36)24-15-16-25-26(17-24)32-27(31-25)20-7-11-22(29)12-8-20/h2-8,11-12,15-18,21,23,33H,9-10,13-14H2,1H3,(H,30,34)(H,31,32)/t18-,21?,23?/m1/s1. The highest BCUT2D eigenvalue weighted by atomic mass is 32.2. The van der Waals surface area contributed by atoms with Crippen molar-refractivity contribution in [3.8, 4) is 11.4 Å². The minimum absolute atomic E-state index is 0.0133. The van der Waals surface area contributed by atoms with Gasteiger partial charge in [0.05, 0.1) is 22.0 Å². The van der Waals surface area contributed by atoms with Crippen LogP contribution in [0.2, 0.25) is 0 Å². The average molecular weight is 521 g/mol. The van der Waals surface area contributed by atoms with Gasteiger partial charge in [0.1, 0.15) is 11.6 Å². The molecule has 192 valence electrons. The van der Waals surface area contributed by atoms with Crippen LogP contribution in [0.3, 0.4) is 0 Å². The fraction of sp³-hybridized carbons (Fsp3) is 0.286. The second kappa shape index (κ2) is 10.4. The molecule has 1 aliphatic rings. The number of aromatic nitrogens is 2. The Labute approximate surface area is 215 Å². The molecule has 4 aromatic rings. The van der Waals surface area contributed by atoms with Gasteiger partial charge >= 0.3 is 0 Å². The molecule has 3 aromatic carbocycles. The SMILES string of the molecule is C[C@@H](NC(=O)C1CCC(NS(=O)(=O)c2ccc3nc(-c4ccc(F)cc4)[nH]c3c2)CC1)c1ccccc1. The zero-order valence-corrected chi connectivity index (χ0v) is 21.3. The van der Waals surface area contributed by atoms with Crippen molar-refractivity contribution >= 4 is 27.0 Å². The highest BCUT2D eigenvalue weighted by Gasteiger charge is 2.30. The van der Waals surface area contributed by atoms with Gasteiger partial charge < -0.3 is 10.3 Å². The molecule has 0 aliphatic heterocycles. The molecule has 5 rings (SSSR count). The fourth-order valence-electron chi connectivity index (χ4n) is 4.82. The van der Waals surface area contributed by atoms with Crippen LogP contribution in [0, 0.1) is 11.7 Å². The van der Waals surface area contributed by atoms with Crippen molar-refractivity contribution in [2.24, 2.45) is 5.92 Å². The average Bonchev–Trinajstić information content (AvgIpc) is 3.33. The lowest BCUT2D eigenvalue weighted by molar-refractivity contribution is -0.126. The number of sulfonamides is 1. The summed E-state index contributed by atoms with van der Waals surface area (Å²) < 4.78 is 42.3. The highest BCUT2D eigenvalue weighted by molar-refractivity contribution is 7.89. The quantitative estimate of drug-likeness (QED) is 0.316. The number of benzene rings is 3. The summed E-state index contributed by atoms with van der Waals surface area (Å²) in [4.78, 5) is 20.5. The number of hydrogen-bond donors (Lipinski definition) is 3. The molecular formula is C28H29FN4O3S. The number of halogens is 1. The Morgan fingerprint density at radius 1 is 1.00 bits per heavy atom. The third-order valence-corrected chi connectivity index (χ3v) is 8.48. The number of hydrogen-bond acceptors (Lipinski definition) is 4. The highest BCUT2D eigenvalue weighted by Crippen LogP contribution is 2.28. The van der Waals surface area contributed by atoms with Crippen molar-refractivity contribution in [2.75, 3.05) is 0 Å². The Kier molecular flexibility index (Phi) is 7.08. The first-order valence-corrected chi connectivity index (χ1v) is 13.9. The molecule has 1 atom stereocenters. The van der Waals surface area contributed by atoms with E-state index in [1.54, 1.807) is 24.3 Å². The smallest absolute Gasteiger partial charge is 0.240 e. The largest absolute Gasteiger partial charge is 0.349 e. The molecule has 1 heterocycles. The number of rotatable bonds is 7. The summed E-state index contributed by atoms with van der Waals surface area (Å²) in [5, 5.41) is 3.08. The lowest BCUT2D eigenvalue weighted by atomic mass is 9.85. The number of nitrogens with zero attached hydrogens (tertiary/aromatic N) is 1. The van der Waals surface area contributed by atoms with E-state index in [-0.39, 0.29) is 34.6 Å². The Morgan fingerprint density at radius 3 is 2.41 bits per heavy atom. The van der Waals surface area contributed by atoms with Crippen LogP contribution in [0.15, 0.2) is 77.7 Å². The van der Waals surface area contributed by atoms with Gasteiger partial charge in [0.15, 0.2) is 0 Å². The van der Waals surface area contributed by atoms with Crippen LogP contribution in [0.5, 0.6) is 0 Å². The molecule has 1 amide bonds. The molecular weight excluding hydrogens is 491 g/mol. The molecule has 7 nitrogen and oxygen atoms in total. The minimum atomic E-state index is -3.75. The molecule has 0 radical (unpaired) electrons. The van der Waals surface area contributed by atoms with E-state index in [2.05, 4.69) is 20.0 Å². The number of carbonyl (C=O) groups is 1. The summed E-state index contributed by atoms with van der Waals surface area (Å²) in [6.07, 6.45) is 2.44. The summed E-state index contributed by atoms with van der Waals surface area (Å²) in [7, 11) is -3.75. The summed E-state index contributed by atoms with van der Waals surface area (Å²) in [6.45, 7) is 1.96. The molecule has 0 spiro atoms. The van der Waals surface area contributed by atoms with Gasteiger partial charge in [-0.1, -0.05) is 30.3 Å². The number of nitrogens with one attached hydrogen (secondary N) is 3. The lowest BCUT2D eigenvalue weighted by Crippen LogP contribution is -2.41. The zero-order chi connectivity index (χ0) is 26.0. The molecule has 3 N–H and O–H groups in total. The molecule has 0 bridgehead atoms. The number of fused-ring (bicyclic) bond motifs is 1. The van der Waals surface area contributed by atoms with Crippen LogP contribution in [0.25, 0.3) is 22.4 Å². The van der Waals surface area contributed by atoms with Crippen LogP contribution in [0.1, 0.15) is 44.2 Å². The maximum atomic E-state index is 13.2. The van der Waals surface area contributed by atoms with Gasteiger partial charge in [-0.25, -0.2) is 22.5 Å². The number of carbonyl (C=O) groups excluding carboxylic acids is 1. The van der Waals surface area contributed by atoms with E-state index < -0.39 is 10.0 Å². The van der Waals surface area contributed by atoms with Crippen molar-refractivity contribution < 1.29 is 17.6 Å². The Bertz CT molecular complexity index is 1500. The van der Waals surface area contributed by atoms with Gasteiger partial charge in [0.25, 0.3) is 0 Å². The summed E-state index contributed by atoms with van der Waals surface area (Å²) in [5.74, 6) is 0.0869. The first-order valence-electron chi connectivity index (χ1n) is 12.4. The molecule has 9 heteroatoms.